The first-order valence-electron chi connectivity index (χ1n) is 7.18. The van der Waals surface area contributed by atoms with Gasteiger partial charge in [0.25, 0.3) is 5.56 Å². The standard InChI is InChI=1S/C16H18ClN3O4/c1-16(2,3)20-14(21)13(17)12(8-19-20)24-9-11-6-5-10(7-18-11)15(22)23-4/h5-8H,9H2,1-4H3. The van der Waals surface area contributed by atoms with Gasteiger partial charge in [-0.25, -0.2) is 9.48 Å². The summed E-state index contributed by atoms with van der Waals surface area (Å²) in [6.45, 7) is 5.64. The van der Waals surface area contributed by atoms with Crippen molar-refractivity contribution in [2.75, 3.05) is 7.11 Å². The summed E-state index contributed by atoms with van der Waals surface area (Å²) in [7, 11) is 1.30. The molecule has 0 spiro atoms. The third kappa shape index (κ3) is 3.91. The normalized spacial score (nSPS) is 11.2. The Bertz CT molecular complexity index is 794. The molecule has 2 aromatic heterocycles. The average molecular weight is 352 g/mol. The van der Waals surface area contributed by atoms with Crippen molar-refractivity contribution >= 4 is 17.6 Å². The van der Waals surface area contributed by atoms with Crippen LogP contribution < -0.4 is 10.3 Å². The second-order valence-corrected chi connectivity index (χ2v) is 6.41. The lowest BCUT2D eigenvalue weighted by atomic mass is 10.1. The van der Waals surface area contributed by atoms with Crippen LogP contribution in [0.2, 0.25) is 5.02 Å². The van der Waals surface area contributed by atoms with Crippen LogP contribution in [0.15, 0.2) is 29.3 Å². The average Bonchev–Trinajstić information content (AvgIpc) is 2.54. The van der Waals surface area contributed by atoms with Gasteiger partial charge in [0, 0.05) is 6.20 Å². The first kappa shape index (κ1) is 17.9. The fraction of sp³-hybridized carbons (Fsp3) is 0.375. The lowest BCUT2D eigenvalue weighted by Crippen LogP contribution is -2.36. The zero-order valence-electron chi connectivity index (χ0n) is 13.9. The van der Waals surface area contributed by atoms with E-state index in [1.54, 1.807) is 12.1 Å². The fourth-order valence-corrected chi connectivity index (χ4v) is 2.08. The van der Waals surface area contributed by atoms with E-state index in [4.69, 9.17) is 16.3 Å². The smallest absolute Gasteiger partial charge is 0.339 e. The minimum atomic E-state index is -0.482. The van der Waals surface area contributed by atoms with Gasteiger partial charge in [0.1, 0.15) is 6.61 Å². The Balaban J connectivity index is 2.14. The van der Waals surface area contributed by atoms with Crippen LogP contribution in [-0.4, -0.2) is 27.8 Å². The maximum Gasteiger partial charge on any atom is 0.339 e. The Morgan fingerprint density at radius 3 is 2.54 bits per heavy atom. The summed E-state index contributed by atoms with van der Waals surface area (Å²) < 4.78 is 11.4. The predicted molar refractivity (Wildman–Crippen MR) is 88.4 cm³/mol. The van der Waals surface area contributed by atoms with Crippen molar-refractivity contribution in [2.45, 2.75) is 32.9 Å². The molecule has 2 heterocycles. The summed E-state index contributed by atoms with van der Waals surface area (Å²) in [5.74, 6) is -0.283. The third-order valence-electron chi connectivity index (χ3n) is 3.14. The minimum absolute atomic E-state index is 0.0360. The number of hydrogen-bond donors (Lipinski definition) is 0. The van der Waals surface area contributed by atoms with E-state index in [-0.39, 0.29) is 17.4 Å². The van der Waals surface area contributed by atoms with E-state index in [1.807, 2.05) is 20.8 Å². The van der Waals surface area contributed by atoms with E-state index < -0.39 is 17.1 Å². The number of halogens is 1. The van der Waals surface area contributed by atoms with Gasteiger partial charge in [0.15, 0.2) is 10.8 Å². The highest BCUT2D eigenvalue weighted by Crippen LogP contribution is 2.21. The molecule has 0 N–H and O–H groups in total. The van der Waals surface area contributed by atoms with Crippen molar-refractivity contribution in [3.63, 3.8) is 0 Å². The Morgan fingerprint density at radius 2 is 2.00 bits per heavy atom. The van der Waals surface area contributed by atoms with Gasteiger partial charge in [-0.3, -0.25) is 9.78 Å². The molecule has 0 saturated heterocycles. The Morgan fingerprint density at radius 1 is 1.29 bits per heavy atom. The maximum atomic E-state index is 12.2. The van der Waals surface area contributed by atoms with Crippen LogP contribution in [0, 0.1) is 0 Å². The first-order chi connectivity index (χ1) is 11.2. The SMILES string of the molecule is COC(=O)c1ccc(COc2cnn(C(C)(C)C)c(=O)c2Cl)nc1. The topological polar surface area (TPSA) is 83.3 Å². The Hall–Kier alpha value is -2.41. The molecule has 0 fully saturated rings. The number of hydrogen-bond acceptors (Lipinski definition) is 6. The molecule has 7 nitrogen and oxygen atoms in total. The van der Waals surface area contributed by atoms with E-state index >= 15 is 0 Å². The van der Waals surface area contributed by atoms with E-state index in [9.17, 15) is 9.59 Å². The fourth-order valence-electron chi connectivity index (χ4n) is 1.90. The van der Waals surface area contributed by atoms with Gasteiger partial charge in [-0.1, -0.05) is 11.6 Å². The molecule has 0 aliphatic carbocycles. The number of esters is 1. The molecule has 0 aromatic carbocycles. The van der Waals surface area contributed by atoms with Crippen molar-refractivity contribution < 1.29 is 14.3 Å². The summed E-state index contributed by atoms with van der Waals surface area (Å²) in [5.41, 5.74) is 0.00737. The van der Waals surface area contributed by atoms with Crippen LogP contribution in [0.4, 0.5) is 0 Å². The van der Waals surface area contributed by atoms with E-state index in [0.29, 0.717) is 11.3 Å². The molecule has 0 saturated carbocycles. The second kappa shape index (κ2) is 7.00. The highest BCUT2D eigenvalue weighted by atomic mass is 35.5. The van der Waals surface area contributed by atoms with Crippen molar-refractivity contribution in [3.8, 4) is 5.75 Å². The van der Waals surface area contributed by atoms with Crippen LogP contribution in [0.25, 0.3) is 0 Å². The number of carbonyl (C=O) groups is 1. The third-order valence-corrected chi connectivity index (χ3v) is 3.49. The number of pyridine rings is 1. The van der Waals surface area contributed by atoms with Crippen LogP contribution in [0.3, 0.4) is 0 Å². The van der Waals surface area contributed by atoms with Crippen LogP contribution >= 0.6 is 11.6 Å². The van der Waals surface area contributed by atoms with Crippen molar-refractivity contribution in [1.82, 2.24) is 14.8 Å². The quantitative estimate of drug-likeness (QED) is 0.786. The molecule has 0 amide bonds. The lowest BCUT2D eigenvalue weighted by Gasteiger charge is -2.21. The molecule has 0 radical (unpaired) electrons. The van der Waals surface area contributed by atoms with Crippen molar-refractivity contribution in [3.05, 3.63) is 51.2 Å². The molecule has 8 heteroatoms. The number of methoxy groups -OCH3 is 1. The van der Waals surface area contributed by atoms with Gasteiger partial charge in [-0.15, -0.1) is 0 Å². The molecule has 0 aliphatic heterocycles. The van der Waals surface area contributed by atoms with Crippen molar-refractivity contribution in [2.24, 2.45) is 0 Å². The molecule has 2 aromatic rings. The van der Waals surface area contributed by atoms with Gasteiger partial charge in [-0.05, 0) is 32.9 Å². The number of carbonyl (C=O) groups excluding carboxylic acids is 1. The number of nitrogens with zero attached hydrogens (tertiary/aromatic N) is 3. The molecule has 2 rings (SSSR count). The Labute approximate surface area is 144 Å². The van der Waals surface area contributed by atoms with Crippen LogP contribution in [0.5, 0.6) is 5.75 Å². The van der Waals surface area contributed by atoms with Gasteiger partial charge in [0.05, 0.1) is 30.1 Å². The summed E-state index contributed by atoms with van der Waals surface area (Å²) in [5, 5.41) is 4.05. The molecular weight excluding hydrogens is 334 g/mol. The summed E-state index contributed by atoms with van der Waals surface area (Å²) in [6, 6.07) is 3.21. The zero-order valence-corrected chi connectivity index (χ0v) is 14.6. The molecule has 24 heavy (non-hydrogen) atoms. The van der Waals surface area contributed by atoms with Gasteiger partial charge in [0.2, 0.25) is 0 Å². The van der Waals surface area contributed by atoms with Gasteiger partial charge < -0.3 is 9.47 Å². The first-order valence-corrected chi connectivity index (χ1v) is 7.56. The van der Waals surface area contributed by atoms with Crippen molar-refractivity contribution in [1.29, 1.82) is 0 Å². The second-order valence-electron chi connectivity index (χ2n) is 6.03. The molecule has 0 bridgehead atoms. The monoisotopic (exact) mass is 351 g/mol. The van der Waals surface area contributed by atoms with Crippen LogP contribution in [-0.2, 0) is 16.9 Å². The molecule has 0 atom stereocenters. The molecular formula is C16H18ClN3O4. The molecule has 0 aliphatic rings. The van der Waals surface area contributed by atoms with E-state index in [1.165, 1.54) is 24.2 Å². The summed E-state index contributed by atoms with van der Waals surface area (Å²) >= 11 is 6.08. The molecule has 0 unspecified atom stereocenters. The lowest BCUT2D eigenvalue weighted by molar-refractivity contribution is 0.0600. The predicted octanol–water partition coefficient (Wildman–Crippen LogP) is 2.41. The number of aromatic nitrogens is 3. The minimum Gasteiger partial charge on any atom is -0.484 e. The summed E-state index contributed by atoms with van der Waals surface area (Å²) in [4.78, 5) is 27.7. The summed E-state index contributed by atoms with van der Waals surface area (Å²) in [6.07, 6.45) is 2.79. The maximum absolute atomic E-state index is 12.2. The van der Waals surface area contributed by atoms with Gasteiger partial charge in [-0.2, -0.15) is 5.10 Å². The largest absolute Gasteiger partial charge is 0.484 e. The van der Waals surface area contributed by atoms with Gasteiger partial charge >= 0.3 is 5.97 Å². The Kier molecular flexibility index (Phi) is 5.23. The molecule has 128 valence electrons. The zero-order chi connectivity index (χ0) is 17.9. The van der Waals surface area contributed by atoms with Crippen LogP contribution in [0.1, 0.15) is 36.8 Å². The van der Waals surface area contributed by atoms with E-state index in [2.05, 4.69) is 14.8 Å². The number of ether oxygens (including phenoxy) is 2. The highest BCUT2D eigenvalue weighted by molar-refractivity contribution is 6.31. The van der Waals surface area contributed by atoms with E-state index in [0.717, 1.165) is 0 Å². The highest BCUT2D eigenvalue weighted by Gasteiger charge is 2.20. The number of rotatable bonds is 4.